The third-order valence-electron chi connectivity index (χ3n) is 3.76. The minimum absolute atomic E-state index is 0.0888. The van der Waals surface area contributed by atoms with E-state index in [2.05, 4.69) is 5.32 Å². The number of nitrogens with one attached hydrogen (secondary N) is 1. The van der Waals surface area contributed by atoms with Gasteiger partial charge < -0.3 is 5.32 Å². The topological polar surface area (TPSA) is 12.0 Å². The molecule has 0 unspecified atom stereocenters. The van der Waals surface area contributed by atoms with Crippen molar-refractivity contribution in [2.45, 2.75) is 31.9 Å². The molecule has 0 bridgehead atoms. The van der Waals surface area contributed by atoms with Crippen LogP contribution >= 0.6 is 0 Å². The van der Waals surface area contributed by atoms with Crippen LogP contribution in [0.4, 0.5) is 13.2 Å². The second kappa shape index (κ2) is 7.92. The van der Waals surface area contributed by atoms with Gasteiger partial charge in [-0.2, -0.15) is 13.2 Å². The molecule has 1 nitrogen and oxygen atoms in total. The monoisotopic (exact) mass is 368 g/mol. The Hall–Kier alpha value is -2.33. The Labute approximate surface area is 167 Å². The van der Waals surface area contributed by atoms with Crippen LogP contribution in [0.2, 0.25) is 0 Å². The first kappa shape index (κ1) is 9.05. The molecule has 3 aromatic carbocycles. The zero-order valence-corrected chi connectivity index (χ0v) is 13.6. The number of rotatable bonds is 6. The Morgan fingerprint density at radius 1 is 1.15 bits per heavy atom. The van der Waals surface area contributed by atoms with Gasteiger partial charge in [-0.15, -0.1) is 0 Å². The SMILES string of the molecule is [2H]c1c([2H])c([2H])c2c([C@@]([2H])(NCCCc3cccc(C(F)(F)F)c3)C([2H])([2H])[2H])c([2H])c([2H])c([2H])c2c1[2H]. The third kappa shape index (κ3) is 4.44. The van der Waals surface area contributed by atoms with Gasteiger partial charge in [-0.25, -0.2) is 0 Å². The minimum atomic E-state index is -4.53. The molecule has 0 saturated carbocycles. The van der Waals surface area contributed by atoms with Crippen LogP contribution in [0.25, 0.3) is 10.8 Å². The van der Waals surface area contributed by atoms with Crippen LogP contribution in [0.1, 0.15) is 51.1 Å². The van der Waals surface area contributed by atoms with Gasteiger partial charge in [0.25, 0.3) is 0 Å². The number of halogens is 3. The predicted molar refractivity (Wildman–Crippen MR) is 100 cm³/mol. The predicted octanol–water partition coefficient (Wildman–Crippen LogP) is 6.14. The second-order valence-electron chi connectivity index (χ2n) is 5.60. The summed E-state index contributed by atoms with van der Waals surface area (Å²) in [7, 11) is 0. The molecule has 0 aliphatic carbocycles. The highest BCUT2D eigenvalue weighted by molar-refractivity contribution is 5.86. The van der Waals surface area contributed by atoms with Gasteiger partial charge in [-0.05, 0) is 54.2 Å². The number of fused-ring (bicyclic) bond motifs is 1. The Morgan fingerprint density at radius 2 is 1.96 bits per heavy atom. The molecule has 136 valence electrons. The lowest BCUT2D eigenvalue weighted by Gasteiger charge is -2.17. The van der Waals surface area contributed by atoms with Gasteiger partial charge >= 0.3 is 6.18 Å². The van der Waals surface area contributed by atoms with Gasteiger partial charge in [-0.3, -0.25) is 0 Å². The summed E-state index contributed by atoms with van der Waals surface area (Å²) < 4.78 is 129. The van der Waals surface area contributed by atoms with E-state index in [0.29, 0.717) is 5.56 Å². The average molecular weight is 368 g/mol. The van der Waals surface area contributed by atoms with Crippen molar-refractivity contribution in [3.8, 4) is 0 Å². The quantitative estimate of drug-likeness (QED) is 0.515. The van der Waals surface area contributed by atoms with E-state index in [1.165, 1.54) is 12.1 Å². The summed E-state index contributed by atoms with van der Waals surface area (Å²) >= 11 is 0. The first-order chi connectivity index (χ1) is 16.9. The van der Waals surface area contributed by atoms with E-state index in [9.17, 15) is 13.2 Å². The summed E-state index contributed by atoms with van der Waals surface area (Å²) in [4.78, 5) is 0. The van der Waals surface area contributed by atoms with Gasteiger partial charge in [-0.1, -0.05) is 60.5 Å². The van der Waals surface area contributed by atoms with Gasteiger partial charge in [0, 0.05) is 10.1 Å². The number of aryl methyl sites for hydroxylation is 1. The largest absolute Gasteiger partial charge is 0.416 e. The van der Waals surface area contributed by atoms with Crippen LogP contribution in [-0.2, 0) is 12.6 Å². The van der Waals surface area contributed by atoms with E-state index in [4.69, 9.17) is 15.1 Å². The van der Waals surface area contributed by atoms with Crippen LogP contribution in [0, 0.1) is 0 Å². The highest BCUT2D eigenvalue weighted by Gasteiger charge is 2.30. The van der Waals surface area contributed by atoms with E-state index in [0.717, 1.165) is 12.1 Å². The smallest absolute Gasteiger partial charge is 0.310 e. The number of hydrogen-bond acceptors (Lipinski definition) is 1. The second-order valence-corrected chi connectivity index (χ2v) is 5.60. The third-order valence-corrected chi connectivity index (χ3v) is 3.76. The van der Waals surface area contributed by atoms with E-state index < -0.39 is 83.2 Å². The Kier molecular flexibility index (Phi) is 2.75. The Balaban J connectivity index is 2.08. The van der Waals surface area contributed by atoms with E-state index in [1.54, 1.807) is 0 Å². The van der Waals surface area contributed by atoms with Gasteiger partial charge in [0.1, 0.15) is 0 Å². The molecule has 0 aliphatic heterocycles. The lowest BCUT2D eigenvalue weighted by molar-refractivity contribution is -0.137. The molecule has 1 N–H and O–H groups in total. The molecule has 0 amide bonds. The summed E-state index contributed by atoms with van der Waals surface area (Å²) in [6, 6.07) is -3.52. The van der Waals surface area contributed by atoms with Crippen molar-refractivity contribution >= 4 is 10.8 Å². The van der Waals surface area contributed by atoms with Crippen molar-refractivity contribution in [3.63, 3.8) is 0 Å². The highest BCUT2D eigenvalue weighted by atomic mass is 19.4. The molecule has 0 spiro atoms. The molecule has 3 rings (SSSR count). The normalized spacial score (nSPS) is 20.8. The summed E-state index contributed by atoms with van der Waals surface area (Å²) in [6.07, 6.45) is -4.35. The lowest BCUT2D eigenvalue weighted by Crippen LogP contribution is -2.20. The number of alkyl halides is 3. The maximum Gasteiger partial charge on any atom is 0.416 e. The average Bonchev–Trinajstić information content (AvgIpc) is 2.81. The zero-order chi connectivity index (χ0) is 28.1. The molecular weight excluding hydrogens is 335 g/mol. The van der Waals surface area contributed by atoms with Crippen molar-refractivity contribution < 1.29 is 28.2 Å². The van der Waals surface area contributed by atoms with Crippen LogP contribution < -0.4 is 5.32 Å². The van der Waals surface area contributed by atoms with Crippen molar-refractivity contribution in [2.75, 3.05) is 6.54 Å². The fraction of sp³-hybridized carbons (Fsp3) is 0.273. The molecule has 0 radical (unpaired) electrons. The summed E-state index contributed by atoms with van der Waals surface area (Å²) in [5.74, 6) is 0. The molecule has 0 heterocycles. The highest BCUT2D eigenvalue weighted by Crippen LogP contribution is 2.29. The Morgan fingerprint density at radius 3 is 2.77 bits per heavy atom. The van der Waals surface area contributed by atoms with Crippen molar-refractivity contribution in [1.29, 1.82) is 0 Å². The van der Waals surface area contributed by atoms with Crippen LogP contribution in [-0.4, -0.2) is 6.54 Å². The number of hydrogen-bond donors (Lipinski definition) is 1. The molecule has 1 atom stereocenters. The first-order valence-electron chi connectivity index (χ1n) is 13.3. The van der Waals surface area contributed by atoms with Crippen molar-refractivity contribution in [2.24, 2.45) is 0 Å². The van der Waals surface area contributed by atoms with Crippen molar-refractivity contribution in [1.82, 2.24) is 5.32 Å². The van der Waals surface area contributed by atoms with Crippen LogP contribution in [0.5, 0.6) is 0 Å². The number of benzene rings is 3. The van der Waals surface area contributed by atoms with E-state index in [1.807, 2.05) is 0 Å². The fourth-order valence-corrected chi connectivity index (χ4v) is 2.50. The molecular formula is C22H22F3N. The molecule has 4 heteroatoms. The van der Waals surface area contributed by atoms with E-state index in [-0.39, 0.29) is 19.4 Å². The first-order valence-corrected chi connectivity index (χ1v) is 7.85. The molecule has 0 fully saturated rings. The molecule has 0 aliphatic rings. The Bertz CT molecular complexity index is 1350. The summed E-state index contributed by atoms with van der Waals surface area (Å²) in [5.41, 5.74) is -1.21. The molecule has 3 aromatic rings. The standard InChI is InChI=1S/C22H22F3N/c1-16(20-13-5-10-18-9-2-3-12-21(18)20)26-14-6-8-17-7-4-11-19(15-17)22(23,24)25/h2-5,7,9-13,15-16,26H,6,8,14H2,1H3/t16-/m0/s1/i1D3,2D,3D,5D,9D,10D,12D,13D,16D. The fourth-order valence-electron chi connectivity index (χ4n) is 2.50. The summed E-state index contributed by atoms with van der Waals surface area (Å²) in [6.45, 7) is -3.43. The molecule has 26 heavy (non-hydrogen) atoms. The van der Waals surface area contributed by atoms with Gasteiger partial charge in [0.2, 0.25) is 0 Å². The molecule has 0 aromatic heterocycles. The van der Waals surface area contributed by atoms with E-state index >= 15 is 0 Å². The minimum Gasteiger partial charge on any atom is -0.310 e. The van der Waals surface area contributed by atoms with Gasteiger partial charge in [0.15, 0.2) is 0 Å². The maximum absolute atomic E-state index is 13.0. The summed E-state index contributed by atoms with van der Waals surface area (Å²) in [5, 5.41) is 1.49. The van der Waals surface area contributed by atoms with Crippen LogP contribution in [0.3, 0.4) is 0 Å². The maximum atomic E-state index is 13.0. The van der Waals surface area contributed by atoms with Crippen LogP contribution in [0.15, 0.2) is 66.6 Å². The van der Waals surface area contributed by atoms with Crippen molar-refractivity contribution in [3.05, 3.63) is 83.3 Å². The zero-order valence-electron chi connectivity index (χ0n) is 24.6. The lowest BCUT2D eigenvalue weighted by atomic mass is 9.99. The van der Waals surface area contributed by atoms with Gasteiger partial charge in [0.05, 0.1) is 16.5 Å². The molecule has 0 saturated heterocycles.